The molecule has 7 heteroatoms. The fourth-order valence-electron chi connectivity index (χ4n) is 3.09. The second-order valence-corrected chi connectivity index (χ2v) is 7.42. The standard InChI is InChI=1S/C19H25N3O3S/c1-24-15-9-13(10-16(11-15)25-2)3-4-18(23)22-19-21-12-17(26-19)14-5-7-20-8-6-14/h9-12,14,20H,3-8H2,1-2H3,(H,21,22,23). The highest BCUT2D eigenvalue weighted by molar-refractivity contribution is 7.15. The van der Waals surface area contributed by atoms with Gasteiger partial charge in [-0.1, -0.05) is 0 Å². The molecule has 1 aromatic carbocycles. The molecule has 0 aliphatic carbocycles. The highest BCUT2D eigenvalue weighted by Crippen LogP contribution is 2.31. The first-order chi connectivity index (χ1) is 12.7. The summed E-state index contributed by atoms with van der Waals surface area (Å²) in [4.78, 5) is 17.9. The zero-order chi connectivity index (χ0) is 18.4. The molecule has 2 heterocycles. The lowest BCUT2D eigenvalue weighted by Crippen LogP contribution is -2.26. The van der Waals surface area contributed by atoms with Gasteiger partial charge in [0.05, 0.1) is 14.2 Å². The maximum Gasteiger partial charge on any atom is 0.226 e. The fourth-order valence-corrected chi connectivity index (χ4v) is 4.09. The van der Waals surface area contributed by atoms with Crippen LogP contribution in [0.3, 0.4) is 0 Å². The molecule has 0 atom stereocenters. The summed E-state index contributed by atoms with van der Waals surface area (Å²) in [5.41, 5.74) is 1.01. The number of amides is 1. The molecule has 1 saturated heterocycles. The second kappa shape index (κ2) is 9.00. The van der Waals surface area contributed by atoms with Crippen LogP contribution in [0.1, 0.15) is 35.6 Å². The Morgan fingerprint density at radius 2 is 1.92 bits per heavy atom. The Labute approximate surface area is 157 Å². The summed E-state index contributed by atoms with van der Waals surface area (Å²) >= 11 is 1.59. The van der Waals surface area contributed by atoms with Gasteiger partial charge in [0.1, 0.15) is 11.5 Å². The van der Waals surface area contributed by atoms with Gasteiger partial charge in [-0.05, 0) is 56.0 Å². The highest BCUT2D eigenvalue weighted by atomic mass is 32.1. The summed E-state index contributed by atoms with van der Waals surface area (Å²) in [5.74, 6) is 1.99. The predicted octanol–water partition coefficient (Wildman–Crippen LogP) is 3.20. The second-order valence-electron chi connectivity index (χ2n) is 6.36. The topological polar surface area (TPSA) is 72.5 Å². The molecule has 0 bridgehead atoms. The Balaban J connectivity index is 1.53. The van der Waals surface area contributed by atoms with Crippen LogP contribution in [0.25, 0.3) is 0 Å². The zero-order valence-electron chi connectivity index (χ0n) is 15.2. The van der Waals surface area contributed by atoms with Crippen molar-refractivity contribution in [3.8, 4) is 11.5 Å². The number of piperidine rings is 1. The highest BCUT2D eigenvalue weighted by Gasteiger charge is 2.18. The van der Waals surface area contributed by atoms with Crippen LogP contribution < -0.4 is 20.1 Å². The van der Waals surface area contributed by atoms with Crippen LogP contribution in [0.2, 0.25) is 0 Å². The molecule has 26 heavy (non-hydrogen) atoms. The Morgan fingerprint density at radius 3 is 2.58 bits per heavy atom. The summed E-state index contributed by atoms with van der Waals surface area (Å²) in [6.45, 7) is 2.10. The number of thiazole rings is 1. The normalized spacial score (nSPS) is 14.8. The quantitative estimate of drug-likeness (QED) is 0.778. The number of nitrogens with one attached hydrogen (secondary N) is 2. The molecule has 2 aromatic rings. The smallest absolute Gasteiger partial charge is 0.226 e. The molecule has 3 rings (SSSR count). The van der Waals surface area contributed by atoms with Gasteiger partial charge in [-0.15, -0.1) is 11.3 Å². The summed E-state index contributed by atoms with van der Waals surface area (Å²) in [5, 5.41) is 6.97. The van der Waals surface area contributed by atoms with Crippen molar-refractivity contribution in [2.75, 3.05) is 32.6 Å². The summed E-state index contributed by atoms with van der Waals surface area (Å²) in [6, 6.07) is 5.67. The van der Waals surface area contributed by atoms with Gasteiger partial charge < -0.3 is 20.1 Å². The fraction of sp³-hybridized carbons (Fsp3) is 0.474. The third kappa shape index (κ3) is 4.95. The van der Waals surface area contributed by atoms with Crippen molar-refractivity contribution >= 4 is 22.4 Å². The van der Waals surface area contributed by atoms with E-state index in [4.69, 9.17) is 9.47 Å². The number of nitrogens with zero attached hydrogens (tertiary/aromatic N) is 1. The average Bonchev–Trinajstić information content (AvgIpc) is 3.15. The predicted molar refractivity (Wildman–Crippen MR) is 103 cm³/mol. The molecule has 140 valence electrons. The van der Waals surface area contributed by atoms with Crippen LogP contribution in [0.5, 0.6) is 11.5 Å². The average molecular weight is 375 g/mol. The van der Waals surface area contributed by atoms with E-state index in [1.165, 1.54) is 4.88 Å². The minimum atomic E-state index is -0.0296. The number of hydrogen-bond donors (Lipinski definition) is 2. The molecule has 6 nitrogen and oxygen atoms in total. The van der Waals surface area contributed by atoms with Gasteiger partial charge in [-0.2, -0.15) is 0 Å². The molecule has 1 aromatic heterocycles. The van der Waals surface area contributed by atoms with Gasteiger partial charge in [-0.25, -0.2) is 4.98 Å². The van der Waals surface area contributed by atoms with E-state index in [0.717, 1.165) is 43.0 Å². The lowest BCUT2D eigenvalue weighted by atomic mass is 9.97. The Bertz CT molecular complexity index is 719. The Hall–Kier alpha value is -2.12. The van der Waals surface area contributed by atoms with Crippen LogP contribution in [-0.4, -0.2) is 38.2 Å². The lowest BCUT2D eigenvalue weighted by molar-refractivity contribution is -0.116. The van der Waals surface area contributed by atoms with Crippen molar-refractivity contribution in [3.63, 3.8) is 0 Å². The van der Waals surface area contributed by atoms with Crippen molar-refractivity contribution in [1.82, 2.24) is 10.3 Å². The molecule has 2 N–H and O–H groups in total. The number of benzene rings is 1. The molecule has 1 aliphatic heterocycles. The van der Waals surface area contributed by atoms with E-state index < -0.39 is 0 Å². The van der Waals surface area contributed by atoms with Crippen molar-refractivity contribution in [3.05, 3.63) is 34.8 Å². The number of carbonyl (C=O) groups excluding carboxylic acids is 1. The number of anilines is 1. The number of aromatic nitrogens is 1. The van der Waals surface area contributed by atoms with Crippen LogP contribution in [0, 0.1) is 0 Å². The largest absolute Gasteiger partial charge is 0.497 e. The third-order valence-corrected chi connectivity index (χ3v) is 5.64. The van der Waals surface area contributed by atoms with Crippen LogP contribution in [-0.2, 0) is 11.2 Å². The van der Waals surface area contributed by atoms with Gasteiger partial charge >= 0.3 is 0 Å². The van der Waals surface area contributed by atoms with E-state index in [9.17, 15) is 4.79 Å². The molecule has 1 fully saturated rings. The number of ether oxygens (including phenoxy) is 2. The molecule has 0 radical (unpaired) electrons. The SMILES string of the molecule is COc1cc(CCC(=O)Nc2ncc(C3CCNCC3)s2)cc(OC)c1. The Kier molecular flexibility index (Phi) is 6.46. The van der Waals surface area contributed by atoms with Crippen molar-refractivity contribution in [2.24, 2.45) is 0 Å². The third-order valence-electron chi connectivity index (χ3n) is 4.56. The van der Waals surface area contributed by atoms with Crippen LogP contribution in [0.4, 0.5) is 5.13 Å². The summed E-state index contributed by atoms with van der Waals surface area (Å²) in [7, 11) is 3.24. The molecule has 0 saturated carbocycles. The molecule has 0 spiro atoms. The summed E-state index contributed by atoms with van der Waals surface area (Å²) in [6.07, 6.45) is 5.17. The van der Waals surface area contributed by atoms with Gasteiger partial charge in [0.15, 0.2) is 5.13 Å². The zero-order valence-corrected chi connectivity index (χ0v) is 16.0. The molecule has 0 unspecified atom stereocenters. The monoisotopic (exact) mass is 375 g/mol. The van der Waals surface area contributed by atoms with E-state index in [1.54, 1.807) is 25.6 Å². The van der Waals surface area contributed by atoms with E-state index in [-0.39, 0.29) is 5.91 Å². The van der Waals surface area contributed by atoms with E-state index in [1.807, 2.05) is 24.4 Å². The molecular formula is C19H25N3O3S. The van der Waals surface area contributed by atoms with Crippen LogP contribution in [0.15, 0.2) is 24.4 Å². The maximum atomic E-state index is 12.3. The van der Waals surface area contributed by atoms with E-state index >= 15 is 0 Å². The lowest BCUT2D eigenvalue weighted by Gasteiger charge is -2.20. The maximum absolute atomic E-state index is 12.3. The van der Waals surface area contributed by atoms with Gasteiger partial charge in [0.2, 0.25) is 5.91 Å². The first kappa shape index (κ1) is 18.7. The van der Waals surface area contributed by atoms with Gasteiger partial charge in [0, 0.05) is 23.6 Å². The first-order valence-corrected chi connectivity index (χ1v) is 9.68. The Morgan fingerprint density at radius 1 is 1.23 bits per heavy atom. The minimum Gasteiger partial charge on any atom is -0.497 e. The minimum absolute atomic E-state index is 0.0296. The van der Waals surface area contributed by atoms with Crippen molar-refractivity contribution < 1.29 is 14.3 Å². The van der Waals surface area contributed by atoms with Crippen molar-refractivity contribution in [1.29, 1.82) is 0 Å². The van der Waals surface area contributed by atoms with E-state index in [2.05, 4.69) is 15.6 Å². The molecule has 1 amide bonds. The molecular weight excluding hydrogens is 350 g/mol. The number of hydrogen-bond acceptors (Lipinski definition) is 6. The number of rotatable bonds is 7. The number of carbonyl (C=O) groups is 1. The van der Waals surface area contributed by atoms with Gasteiger partial charge in [0.25, 0.3) is 0 Å². The van der Waals surface area contributed by atoms with Crippen LogP contribution >= 0.6 is 11.3 Å². The summed E-state index contributed by atoms with van der Waals surface area (Å²) < 4.78 is 10.5. The number of methoxy groups -OCH3 is 2. The molecule has 1 aliphatic rings. The van der Waals surface area contributed by atoms with E-state index in [0.29, 0.717) is 23.9 Å². The van der Waals surface area contributed by atoms with Gasteiger partial charge in [-0.3, -0.25) is 4.79 Å². The first-order valence-electron chi connectivity index (χ1n) is 8.86. The number of aryl methyl sites for hydroxylation is 1. The van der Waals surface area contributed by atoms with Crippen molar-refractivity contribution in [2.45, 2.75) is 31.6 Å².